The van der Waals surface area contributed by atoms with E-state index in [1.165, 1.54) is 546 Å². The van der Waals surface area contributed by atoms with E-state index in [1.54, 1.807) is 0 Å². The summed E-state index contributed by atoms with van der Waals surface area (Å²) in [5, 5.41) is 0. The maximum atomic E-state index is 2.32. The van der Waals surface area contributed by atoms with Gasteiger partial charge >= 0.3 is 0 Å². The van der Waals surface area contributed by atoms with Gasteiger partial charge in [-0.1, -0.05) is 560 Å². The van der Waals surface area contributed by atoms with Crippen molar-refractivity contribution in [1.82, 2.24) is 0 Å². The molecule has 0 aliphatic heterocycles. The van der Waals surface area contributed by atoms with E-state index >= 15 is 0 Å². The molecular weight excluding hydrogens is 1040 g/mol. The van der Waals surface area contributed by atoms with Gasteiger partial charge in [-0.25, -0.2) is 0 Å². The number of hydrogen-bond acceptors (Lipinski definition) is 0. The third-order valence-electron chi connectivity index (χ3n) is 21.2. The summed E-state index contributed by atoms with van der Waals surface area (Å²) in [4.78, 5) is 0. The summed E-state index contributed by atoms with van der Waals surface area (Å²) in [6.07, 6.45) is 127. The maximum Gasteiger partial charge on any atom is -0.0533 e. The van der Waals surface area contributed by atoms with E-state index in [4.69, 9.17) is 0 Å². The molecule has 0 heterocycles. The molecule has 0 spiro atoms. The van der Waals surface area contributed by atoms with Crippen LogP contribution >= 0.6 is 0 Å². The molecule has 0 rings (SSSR count). The molecule has 0 nitrogen and oxygen atoms in total. The zero-order valence-electron chi connectivity index (χ0n) is 62.1. The summed E-state index contributed by atoms with van der Waals surface area (Å²) >= 11 is 0. The lowest BCUT2D eigenvalue weighted by Gasteiger charge is -2.05. The first kappa shape index (κ1) is 87.0. The van der Waals surface area contributed by atoms with E-state index < -0.39 is 0 Å². The topological polar surface area (TPSA) is 0 Å². The van der Waals surface area contributed by atoms with Gasteiger partial charge in [0, 0.05) is 0 Å². The fourth-order valence-electron chi connectivity index (χ4n) is 14.8. The molecule has 87 heavy (non-hydrogen) atoms. The van der Waals surface area contributed by atoms with Gasteiger partial charge in [-0.05, 0) is 0 Å². The van der Waals surface area contributed by atoms with Crippen molar-refractivity contribution >= 4 is 0 Å². The monoisotopic (exact) mass is 1220 g/mol. The predicted molar refractivity (Wildman–Crippen MR) is 404 cm³/mol. The van der Waals surface area contributed by atoms with Crippen molar-refractivity contribution in [3.05, 3.63) is 0 Å². The first-order valence-electron chi connectivity index (χ1n) is 43.4. The van der Waals surface area contributed by atoms with Gasteiger partial charge in [-0.15, -0.1) is 0 Å². The molecule has 0 saturated heterocycles. The Kier molecular flexibility index (Phi) is 86.0. The van der Waals surface area contributed by atoms with Crippen LogP contribution in [0.4, 0.5) is 0 Å². The van der Waals surface area contributed by atoms with Crippen LogP contribution in [0.25, 0.3) is 0 Å². The van der Waals surface area contributed by atoms with E-state index in [0.29, 0.717) is 0 Å². The Balaban J connectivity index is 3.08. The number of unbranched alkanes of at least 4 members (excludes halogenated alkanes) is 84. The van der Waals surface area contributed by atoms with Crippen LogP contribution in [0.15, 0.2) is 0 Å². The van der Waals surface area contributed by atoms with E-state index in [9.17, 15) is 0 Å². The van der Waals surface area contributed by atoms with Gasteiger partial charge in [0.2, 0.25) is 0 Å². The lowest BCUT2D eigenvalue weighted by atomic mass is 10.0. The van der Waals surface area contributed by atoms with Crippen molar-refractivity contribution in [2.45, 2.75) is 560 Å². The number of rotatable bonds is 84. The van der Waals surface area contributed by atoms with Crippen molar-refractivity contribution in [1.29, 1.82) is 0 Å². The quantitative estimate of drug-likeness (QED) is 0.0533. The summed E-state index contributed by atoms with van der Waals surface area (Å²) in [5.74, 6) is 0. The molecule has 0 fully saturated rings. The molecule has 0 aliphatic rings. The first-order valence-corrected chi connectivity index (χ1v) is 43.4. The molecule has 0 N–H and O–H groups in total. The average molecular weight is 1220 g/mol. The molecule has 0 bridgehead atoms. The molecule has 0 heteroatoms. The van der Waals surface area contributed by atoms with Gasteiger partial charge < -0.3 is 0 Å². The Hall–Kier alpha value is 0. The van der Waals surface area contributed by atoms with Crippen LogP contribution in [0.3, 0.4) is 0 Å². The largest absolute Gasteiger partial charge is 0.0654 e. The Morgan fingerprint density at radius 3 is 0.126 bits per heavy atom. The van der Waals surface area contributed by atoms with E-state index in [2.05, 4.69) is 13.8 Å². The highest BCUT2D eigenvalue weighted by molar-refractivity contribution is 4.58. The highest BCUT2D eigenvalue weighted by Gasteiger charge is 2.02. The van der Waals surface area contributed by atoms with E-state index in [1.807, 2.05) is 0 Å². The van der Waals surface area contributed by atoms with Crippen LogP contribution in [-0.4, -0.2) is 0 Å². The van der Waals surface area contributed by atoms with Gasteiger partial charge in [-0.2, -0.15) is 0 Å². The fourth-order valence-corrected chi connectivity index (χ4v) is 14.8. The van der Waals surface area contributed by atoms with Crippen molar-refractivity contribution in [3.63, 3.8) is 0 Å². The lowest BCUT2D eigenvalue weighted by molar-refractivity contribution is 0.505. The number of hydrogen-bond donors (Lipinski definition) is 0. The molecule has 524 valence electrons. The molecular formula is C87H176. The van der Waals surface area contributed by atoms with Crippen molar-refractivity contribution in [3.8, 4) is 0 Å². The minimum Gasteiger partial charge on any atom is -0.0654 e. The highest BCUT2D eigenvalue weighted by Crippen LogP contribution is 2.22. The lowest BCUT2D eigenvalue weighted by Crippen LogP contribution is -1.85. The predicted octanol–water partition coefficient (Wildman–Crippen LogP) is 34.2. The molecule has 0 aromatic carbocycles. The average Bonchev–Trinajstić information content (AvgIpc) is 3.53. The van der Waals surface area contributed by atoms with E-state index in [-0.39, 0.29) is 0 Å². The third kappa shape index (κ3) is 86.0. The van der Waals surface area contributed by atoms with Crippen LogP contribution in [0.2, 0.25) is 0 Å². The fraction of sp³-hybridized carbons (Fsp3) is 1.00. The van der Waals surface area contributed by atoms with Crippen LogP contribution in [0, 0.1) is 0 Å². The van der Waals surface area contributed by atoms with Gasteiger partial charge in [0.15, 0.2) is 0 Å². The van der Waals surface area contributed by atoms with Gasteiger partial charge in [0.05, 0.1) is 0 Å². The van der Waals surface area contributed by atoms with Crippen LogP contribution < -0.4 is 0 Å². The molecule has 0 aliphatic carbocycles. The Morgan fingerprint density at radius 1 is 0.0575 bits per heavy atom. The van der Waals surface area contributed by atoms with Crippen LogP contribution in [0.1, 0.15) is 560 Å². The smallest absolute Gasteiger partial charge is 0.0533 e. The summed E-state index contributed by atoms with van der Waals surface area (Å²) in [6.45, 7) is 4.63. The van der Waals surface area contributed by atoms with Crippen LogP contribution in [0.5, 0.6) is 0 Å². The molecule has 0 aromatic rings. The Morgan fingerprint density at radius 2 is 0.0920 bits per heavy atom. The molecule has 0 amide bonds. The molecule has 0 radical (unpaired) electrons. The minimum absolute atomic E-state index is 1.37. The minimum atomic E-state index is 1.37. The second kappa shape index (κ2) is 86.0. The van der Waals surface area contributed by atoms with E-state index in [0.717, 1.165) is 0 Å². The maximum absolute atomic E-state index is 2.32. The van der Waals surface area contributed by atoms with Crippen molar-refractivity contribution < 1.29 is 0 Å². The van der Waals surface area contributed by atoms with Gasteiger partial charge in [0.25, 0.3) is 0 Å². The van der Waals surface area contributed by atoms with Crippen molar-refractivity contribution in [2.75, 3.05) is 0 Å². The second-order valence-corrected chi connectivity index (χ2v) is 30.3. The third-order valence-corrected chi connectivity index (χ3v) is 21.2. The van der Waals surface area contributed by atoms with Crippen molar-refractivity contribution in [2.24, 2.45) is 0 Å². The van der Waals surface area contributed by atoms with Gasteiger partial charge in [-0.3, -0.25) is 0 Å². The molecule has 0 unspecified atom stereocenters. The summed E-state index contributed by atoms with van der Waals surface area (Å²) in [5.41, 5.74) is 0. The normalized spacial score (nSPS) is 11.8. The second-order valence-electron chi connectivity index (χ2n) is 30.3. The summed E-state index contributed by atoms with van der Waals surface area (Å²) in [7, 11) is 0. The Bertz CT molecular complexity index is 1010. The molecule has 0 atom stereocenters. The highest BCUT2D eigenvalue weighted by atomic mass is 14.1. The molecule has 0 aromatic heterocycles. The zero-order valence-corrected chi connectivity index (χ0v) is 62.1. The van der Waals surface area contributed by atoms with Gasteiger partial charge in [0.1, 0.15) is 0 Å². The SMILES string of the molecule is CCCCCCCCCCCCCCCCCCCCCCCCCCCCCCCCCCCCCCCCCCCCCCCCCCCCCCCCCCCCCCCCCCCCCCCCCCCCCCCCCCCCCCC. The van der Waals surface area contributed by atoms with Crippen LogP contribution in [-0.2, 0) is 0 Å². The summed E-state index contributed by atoms with van der Waals surface area (Å²) in [6, 6.07) is 0. The standard InChI is InChI=1S/C87H176/c1-3-5-7-9-11-13-15-17-19-21-23-25-27-29-31-33-35-37-39-41-43-45-47-49-51-53-55-57-59-61-63-65-67-69-71-73-75-77-79-81-83-85-87-86-84-82-80-78-76-74-72-70-68-66-64-62-60-58-56-54-52-50-48-46-44-42-40-38-36-34-32-30-28-26-24-22-20-18-16-14-12-10-8-6-4-2/h3-87H2,1-2H3. The first-order chi connectivity index (χ1) is 43.4. The summed E-state index contributed by atoms with van der Waals surface area (Å²) < 4.78 is 0. The molecule has 0 saturated carbocycles. The Labute approximate surface area is 556 Å². The zero-order chi connectivity index (χ0) is 62.1.